The van der Waals surface area contributed by atoms with Crippen LogP contribution >= 0.6 is 11.8 Å². The van der Waals surface area contributed by atoms with Gasteiger partial charge in [-0.1, -0.05) is 17.7 Å². The Morgan fingerprint density at radius 2 is 1.73 bits per heavy atom. The third-order valence-corrected chi connectivity index (χ3v) is 5.65. The molecule has 0 aromatic heterocycles. The van der Waals surface area contributed by atoms with Gasteiger partial charge in [0, 0.05) is 52.1 Å². The number of piperazine rings is 1. The summed E-state index contributed by atoms with van der Waals surface area (Å²) >= 11 is 1.32. The lowest BCUT2D eigenvalue weighted by atomic mass is 10.2. The molecule has 0 bridgehead atoms. The fraction of sp³-hybridized carbons (Fsp3) is 0.571. The quantitative estimate of drug-likeness (QED) is 0.502. The standard InChI is InChI=1S/C21H32N4O4S/c1-17-4-6-18(7-5-17)23-20(27)15-30-16-21(28)25-11-9-24(10-12-25)14-19(26)22-8-3-13-29-2/h4-7H,3,8-16H2,1-2H3,(H,22,26)(H,23,27). The summed E-state index contributed by atoms with van der Waals surface area (Å²) in [4.78, 5) is 40.2. The lowest BCUT2D eigenvalue weighted by Gasteiger charge is -2.34. The van der Waals surface area contributed by atoms with Crippen molar-refractivity contribution in [1.82, 2.24) is 15.1 Å². The van der Waals surface area contributed by atoms with Crippen molar-refractivity contribution in [1.29, 1.82) is 0 Å². The normalized spacial score (nSPS) is 14.4. The van der Waals surface area contributed by atoms with Crippen molar-refractivity contribution < 1.29 is 19.1 Å². The predicted molar refractivity (Wildman–Crippen MR) is 120 cm³/mol. The van der Waals surface area contributed by atoms with Gasteiger partial charge in [-0.15, -0.1) is 11.8 Å². The van der Waals surface area contributed by atoms with Crippen molar-refractivity contribution >= 4 is 35.2 Å². The summed E-state index contributed by atoms with van der Waals surface area (Å²) in [6, 6.07) is 7.61. The summed E-state index contributed by atoms with van der Waals surface area (Å²) in [5.74, 6) is 0.440. The number of amides is 3. The molecule has 1 aliphatic heterocycles. The van der Waals surface area contributed by atoms with Gasteiger partial charge < -0.3 is 20.3 Å². The van der Waals surface area contributed by atoms with Gasteiger partial charge in [0.15, 0.2) is 0 Å². The topological polar surface area (TPSA) is 91.0 Å². The van der Waals surface area contributed by atoms with Crippen LogP contribution in [0, 0.1) is 6.92 Å². The number of nitrogens with one attached hydrogen (secondary N) is 2. The van der Waals surface area contributed by atoms with E-state index in [4.69, 9.17) is 4.74 Å². The number of carbonyl (C=O) groups is 3. The second-order valence-corrected chi connectivity index (χ2v) is 8.25. The van der Waals surface area contributed by atoms with Crippen LogP contribution in [0.15, 0.2) is 24.3 Å². The molecular formula is C21H32N4O4S. The van der Waals surface area contributed by atoms with Gasteiger partial charge in [0.1, 0.15) is 0 Å². The molecule has 2 rings (SSSR count). The molecule has 1 aliphatic rings. The summed E-state index contributed by atoms with van der Waals surface area (Å²) in [5, 5.41) is 5.71. The van der Waals surface area contributed by atoms with E-state index in [2.05, 4.69) is 15.5 Å². The van der Waals surface area contributed by atoms with E-state index in [-0.39, 0.29) is 29.2 Å². The molecule has 2 N–H and O–H groups in total. The molecule has 1 saturated heterocycles. The van der Waals surface area contributed by atoms with Gasteiger partial charge >= 0.3 is 0 Å². The smallest absolute Gasteiger partial charge is 0.234 e. The van der Waals surface area contributed by atoms with Crippen molar-refractivity contribution in [3.05, 3.63) is 29.8 Å². The molecule has 166 valence electrons. The van der Waals surface area contributed by atoms with Crippen LogP contribution in [0.4, 0.5) is 5.69 Å². The first-order valence-corrected chi connectivity index (χ1v) is 11.3. The number of benzene rings is 1. The molecular weight excluding hydrogens is 404 g/mol. The second kappa shape index (κ2) is 13.3. The Kier molecular flexibility index (Phi) is 10.7. The van der Waals surface area contributed by atoms with Crippen molar-refractivity contribution in [2.24, 2.45) is 0 Å². The Hall–Kier alpha value is -2.10. The van der Waals surface area contributed by atoms with Gasteiger partial charge in [-0.3, -0.25) is 19.3 Å². The van der Waals surface area contributed by atoms with Crippen molar-refractivity contribution in [3.8, 4) is 0 Å². The van der Waals surface area contributed by atoms with Gasteiger partial charge in [0.05, 0.1) is 18.1 Å². The molecule has 1 heterocycles. The van der Waals surface area contributed by atoms with Crippen LogP contribution in [0.1, 0.15) is 12.0 Å². The second-order valence-electron chi connectivity index (χ2n) is 7.26. The van der Waals surface area contributed by atoms with Gasteiger partial charge in [0.2, 0.25) is 17.7 Å². The zero-order chi connectivity index (χ0) is 21.8. The summed E-state index contributed by atoms with van der Waals surface area (Å²) in [5.41, 5.74) is 1.90. The van der Waals surface area contributed by atoms with E-state index in [1.807, 2.05) is 31.2 Å². The fourth-order valence-corrected chi connectivity index (χ4v) is 3.73. The zero-order valence-electron chi connectivity index (χ0n) is 17.8. The first-order chi connectivity index (χ1) is 14.5. The Balaban J connectivity index is 1.58. The third-order valence-electron chi connectivity index (χ3n) is 4.73. The van der Waals surface area contributed by atoms with Crippen molar-refractivity contribution in [2.45, 2.75) is 13.3 Å². The first kappa shape index (κ1) is 24.2. The van der Waals surface area contributed by atoms with Crippen LogP contribution < -0.4 is 10.6 Å². The molecule has 0 aliphatic carbocycles. The van der Waals surface area contributed by atoms with Crippen LogP contribution in [0.3, 0.4) is 0 Å². The number of methoxy groups -OCH3 is 1. The van der Waals surface area contributed by atoms with Crippen LogP contribution in [0.5, 0.6) is 0 Å². The Bertz CT molecular complexity index is 691. The average molecular weight is 437 g/mol. The molecule has 1 fully saturated rings. The monoisotopic (exact) mass is 436 g/mol. The Morgan fingerprint density at radius 1 is 1.03 bits per heavy atom. The van der Waals surface area contributed by atoms with Crippen LogP contribution in [-0.4, -0.2) is 92.0 Å². The molecule has 8 nitrogen and oxygen atoms in total. The third kappa shape index (κ3) is 9.15. The van der Waals surface area contributed by atoms with Crippen LogP contribution in [0.25, 0.3) is 0 Å². The molecule has 0 unspecified atom stereocenters. The van der Waals surface area contributed by atoms with E-state index < -0.39 is 0 Å². The lowest BCUT2D eigenvalue weighted by Crippen LogP contribution is -2.51. The molecule has 9 heteroatoms. The number of ether oxygens (including phenoxy) is 1. The number of anilines is 1. The summed E-state index contributed by atoms with van der Waals surface area (Å²) in [6.07, 6.45) is 0.797. The van der Waals surface area contributed by atoms with E-state index >= 15 is 0 Å². The molecule has 0 spiro atoms. The van der Waals surface area contributed by atoms with Gasteiger partial charge in [-0.25, -0.2) is 0 Å². The minimum absolute atomic E-state index is 0.000948. The Morgan fingerprint density at radius 3 is 2.40 bits per heavy atom. The van der Waals surface area contributed by atoms with E-state index in [9.17, 15) is 14.4 Å². The number of rotatable bonds is 11. The number of carbonyl (C=O) groups excluding carboxylic acids is 3. The number of thioether (sulfide) groups is 1. The average Bonchev–Trinajstić information content (AvgIpc) is 2.73. The van der Waals surface area contributed by atoms with Crippen LogP contribution in [0.2, 0.25) is 0 Å². The summed E-state index contributed by atoms with van der Waals surface area (Å²) in [6.45, 7) is 6.14. The largest absolute Gasteiger partial charge is 0.385 e. The minimum Gasteiger partial charge on any atom is -0.385 e. The van der Waals surface area contributed by atoms with E-state index in [1.54, 1.807) is 12.0 Å². The van der Waals surface area contributed by atoms with E-state index in [0.29, 0.717) is 45.9 Å². The molecule has 0 saturated carbocycles. The highest BCUT2D eigenvalue weighted by molar-refractivity contribution is 8.00. The number of hydrogen-bond acceptors (Lipinski definition) is 6. The lowest BCUT2D eigenvalue weighted by molar-refractivity contribution is -0.130. The Labute approximate surface area is 182 Å². The maximum absolute atomic E-state index is 12.4. The highest BCUT2D eigenvalue weighted by Crippen LogP contribution is 2.11. The number of nitrogens with zero attached hydrogens (tertiary/aromatic N) is 2. The molecule has 0 radical (unpaired) electrons. The minimum atomic E-state index is -0.113. The van der Waals surface area contributed by atoms with Gasteiger partial charge in [-0.05, 0) is 25.5 Å². The number of hydrogen-bond donors (Lipinski definition) is 2. The van der Waals surface area contributed by atoms with Crippen LogP contribution in [-0.2, 0) is 19.1 Å². The molecule has 1 aromatic carbocycles. The SMILES string of the molecule is COCCCNC(=O)CN1CCN(C(=O)CSCC(=O)Nc2ccc(C)cc2)CC1. The molecule has 30 heavy (non-hydrogen) atoms. The highest BCUT2D eigenvalue weighted by Gasteiger charge is 2.22. The fourth-order valence-electron chi connectivity index (χ4n) is 3.01. The maximum Gasteiger partial charge on any atom is 0.234 e. The van der Waals surface area contributed by atoms with E-state index in [0.717, 1.165) is 17.7 Å². The summed E-state index contributed by atoms with van der Waals surface area (Å²) < 4.78 is 4.96. The van der Waals surface area contributed by atoms with E-state index in [1.165, 1.54) is 11.8 Å². The van der Waals surface area contributed by atoms with Gasteiger partial charge in [-0.2, -0.15) is 0 Å². The number of aryl methyl sites for hydroxylation is 1. The van der Waals surface area contributed by atoms with Crippen molar-refractivity contribution in [2.75, 3.05) is 69.8 Å². The highest BCUT2D eigenvalue weighted by atomic mass is 32.2. The zero-order valence-corrected chi connectivity index (χ0v) is 18.6. The molecule has 1 aromatic rings. The molecule has 0 atom stereocenters. The first-order valence-electron chi connectivity index (χ1n) is 10.2. The summed E-state index contributed by atoms with van der Waals surface area (Å²) in [7, 11) is 1.64. The van der Waals surface area contributed by atoms with Gasteiger partial charge in [0.25, 0.3) is 0 Å². The molecule has 3 amide bonds. The maximum atomic E-state index is 12.4. The predicted octanol–water partition coefficient (Wildman–Crippen LogP) is 0.964. The van der Waals surface area contributed by atoms with Crippen molar-refractivity contribution in [3.63, 3.8) is 0 Å².